The molecule has 0 amide bonds. The van der Waals surface area contributed by atoms with Gasteiger partial charge in [-0.2, -0.15) is 0 Å². The number of anilines is 1. The zero-order valence-corrected chi connectivity index (χ0v) is 11.8. The summed E-state index contributed by atoms with van der Waals surface area (Å²) < 4.78 is 5.83. The monoisotopic (exact) mass is 255 g/mol. The fourth-order valence-electron chi connectivity index (χ4n) is 1.97. The van der Waals surface area contributed by atoms with Crippen LogP contribution in [0.3, 0.4) is 0 Å². The number of ether oxygens (including phenoxy) is 1. The molecule has 0 fully saturated rings. The van der Waals surface area contributed by atoms with E-state index in [0.717, 1.165) is 23.5 Å². The van der Waals surface area contributed by atoms with Crippen LogP contribution in [0.5, 0.6) is 11.5 Å². The van der Waals surface area contributed by atoms with E-state index in [1.54, 1.807) is 0 Å². The Balaban J connectivity index is 2.18. The maximum absolute atomic E-state index is 6.01. The van der Waals surface area contributed by atoms with Crippen molar-refractivity contribution < 1.29 is 4.74 Å². The Kier molecular flexibility index (Phi) is 4.10. The quantitative estimate of drug-likeness (QED) is 0.790. The molecule has 0 heterocycles. The summed E-state index contributed by atoms with van der Waals surface area (Å²) in [6.45, 7) is 6.41. The Bertz CT molecular complexity index is 546. The first-order valence-electron chi connectivity index (χ1n) is 6.74. The maximum Gasteiger partial charge on any atom is 0.150 e. The molecule has 2 nitrogen and oxygen atoms in total. The number of rotatable bonds is 4. The minimum atomic E-state index is 0.582. The van der Waals surface area contributed by atoms with Crippen molar-refractivity contribution in [3.05, 3.63) is 53.6 Å². The van der Waals surface area contributed by atoms with Gasteiger partial charge < -0.3 is 10.5 Å². The molecule has 0 aliphatic carbocycles. The topological polar surface area (TPSA) is 35.2 Å². The van der Waals surface area contributed by atoms with Gasteiger partial charge in [-0.25, -0.2) is 0 Å². The number of para-hydroxylation sites is 1. The molecule has 0 aliphatic rings. The zero-order chi connectivity index (χ0) is 13.8. The summed E-state index contributed by atoms with van der Waals surface area (Å²) in [5.41, 5.74) is 9.08. The smallest absolute Gasteiger partial charge is 0.150 e. The van der Waals surface area contributed by atoms with Crippen LogP contribution in [0.4, 0.5) is 5.69 Å². The van der Waals surface area contributed by atoms with Crippen LogP contribution in [-0.4, -0.2) is 0 Å². The Hall–Kier alpha value is -1.96. The number of hydrogen-bond donors (Lipinski definition) is 1. The summed E-state index contributed by atoms with van der Waals surface area (Å²) >= 11 is 0. The first-order chi connectivity index (χ1) is 9.11. The average Bonchev–Trinajstić information content (AvgIpc) is 2.44. The van der Waals surface area contributed by atoms with Crippen molar-refractivity contribution in [3.63, 3.8) is 0 Å². The molecule has 0 bridgehead atoms. The lowest BCUT2D eigenvalue weighted by molar-refractivity contribution is 0.484. The first-order valence-corrected chi connectivity index (χ1v) is 6.74. The van der Waals surface area contributed by atoms with E-state index in [9.17, 15) is 0 Å². The van der Waals surface area contributed by atoms with Crippen LogP contribution in [0.25, 0.3) is 0 Å². The van der Waals surface area contributed by atoms with Crippen molar-refractivity contribution in [1.82, 2.24) is 0 Å². The highest BCUT2D eigenvalue weighted by atomic mass is 16.5. The predicted octanol–water partition coefficient (Wildman–Crippen LogP) is 4.88. The fourth-order valence-corrected chi connectivity index (χ4v) is 1.97. The molecule has 2 rings (SSSR count). The highest BCUT2D eigenvalue weighted by Crippen LogP contribution is 2.30. The van der Waals surface area contributed by atoms with Gasteiger partial charge in [-0.05, 0) is 48.6 Å². The van der Waals surface area contributed by atoms with Crippen molar-refractivity contribution in [3.8, 4) is 11.5 Å². The van der Waals surface area contributed by atoms with Gasteiger partial charge in [0.15, 0.2) is 5.75 Å². The van der Waals surface area contributed by atoms with E-state index in [1.807, 2.05) is 37.3 Å². The van der Waals surface area contributed by atoms with Crippen LogP contribution in [0, 0.1) is 6.92 Å². The van der Waals surface area contributed by atoms with Crippen molar-refractivity contribution in [2.24, 2.45) is 0 Å². The molecule has 1 unspecified atom stereocenters. The fraction of sp³-hybridized carbons (Fsp3) is 0.294. The van der Waals surface area contributed by atoms with Crippen LogP contribution in [-0.2, 0) is 0 Å². The minimum Gasteiger partial charge on any atom is -0.455 e. The number of benzene rings is 2. The van der Waals surface area contributed by atoms with E-state index in [0.29, 0.717) is 11.6 Å². The SMILES string of the molecule is CCC(C)c1ccc(Oc2cccc(C)c2N)cc1. The van der Waals surface area contributed by atoms with E-state index in [4.69, 9.17) is 10.5 Å². The first kappa shape index (κ1) is 13.5. The number of aryl methyl sites for hydroxylation is 1. The van der Waals surface area contributed by atoms with Crippen LogP contribution in [0.15, 0.2) is 42.5 Å². The summed E-state index contributed by atoms with van der Waals surface area (Å²) in [5, 5.41) is 0. The molecule has 1 atom stereocenters. The summed E-state index contributed by atoms with van der Waals surface area (Å²) in [5.74, 6) is 2.12. The minimum absolute atomic E-state index is 0.582. The van der Waals surface area contributed by atoms with Gasteiger partial charge in [-0.1, -0.05) is 38.1 Å². The normalized spacial score (nSPS) is 12.2. The Morgan fingerprint density at radius 3 is 2.42 bits per heavy atom. The summed E-state index contributed by atoms with van der Waals surface area (Å²) in [6, 6.07) is 14.1. The van der Waals surface area contributed by atoms with Gasteiger partial charge in [-0.15, -0.1) is 0 Å². The van der Waals surface area contributed by atoms with Gasteiger partial charge >= 0.3 is 0 Å². The molecular weight excluding hydrogens is 234 g/mol. The number of hydrogen-bond acceptors (Lipinski definition) is 2. The van der Waals surface area contributed by atoms with E-state index in [2.05, 4.69) is 26.0 Å². The van der Waals surface area contributed by atoms with Gasteiger partial charge in [0.2, 0.25) is 0 Å². The molecule has 100 valence electrons. The maximum atomic E-state index is 6.01. The molecule has 0 saturated carbocycles. The van der Waals surface area contributed by atoms with E-state index < -0.39 is 0 Å². The predicted molar refractivity (Wildman–Crippen MR) is 80.8 cm³/mol. The highest BCUT2D eigenvalue weighted by Gasteiger charge is 2.06. The summed E-state index contributed by atoms with van der Waals surface area (Å²) in [6.07, 6.45) is 1.14. The van der Waals surface area contributed by atoms with Gasteiger partial charge in [0.05, 0.1) is 5.69 Å². The van der Waals surface area contributed by atoms with Crippen LogP contribution in [0.1, 0.15) is 37.3 Å². The highest BCUT2D eigenvalue weighted by molar-refractivity contribution is 5.59. The summed E-state index contributed by atoms with van der Waals surface area (Å²) in [4.78, 5) is 0. The summed E-state index contributed by atoms with van der Waals surface area (Å²) in [7, 11) is 0. The van der Waals surface area contributed by atoms with Gasteiger partial charge in [0.25, 0.3) is 0 Å². The van der Waals surface area contributed by atoms with E-state index >= 15 is 0 Å². The molecule has 0 spiro atoms. The molecular formula is C17H21NO. The lowest BCUT2D eigenvalue weighted by Crippen LogP contribution is -1.95. The molecule has 2 aromatic carbocycles. The van der Waals surface area contributed by atoms with Crippen molar-refractivity contribution in [2.45, 2.75) is 33.1 Å². The van der Waals surface area contributed by atoms with Gasteiger partial charge in [-0.3, -0.25) is 0 Å². The lowest BCUT2D eigenvalue weighted by Gasteiger charge is -2.12. The standard InChI is InChI=1S/C17H21NO/c1-4-12(2)14-8-10-15(11-9-14)19-16-7-5-6-13(3)17(16)18/h5-12H,4,18H2,1-3H3. The van der Waals surface area contributed by atoms with E-state index in [-0.39, 0.29) is 0 Å². The van der Waals surface area contributed by atoms with Crippen molar-refractivity contribution >= 4 is 5.69 Å². The number of nitrogens with two attached hydrogens (primary N) is 1. The lowest BCUT2D eigenvalue weighted by atomic mass is 9.99. The third-order valence-corrected chi connectivity index (χ3v) is 3.57. The van der Waals surface area contributed by atoms with Crippen molar-refractivity contribution in [2.75, 3.05) is 5.73 Å². The third kappa shape index (κ3) is 3.08. The van der Waals surface area contributed by atoms with E-state index in [1.165, 1.54) is 5.56 Å². The van der Waals surface area contributed by atoms with Crippen LogP contribution in [0.2, 0.25) is 0 Å². The molecule has 0 radical (unpaired) electrons. The second-order valence-electron chi connectivity index (χ2n) is 4.97. The number of nitrogen functional groups attached to an aromatic ring is 1. The Labute approximate surface area is 115 Å². The van der Waals surface area contributed by atoms with Crippen molar-refractivity contribution in [1.29, 1.82) is 0 Å². The van der Waals surface area contributed by atoms with Crippen LogP contribution < -0.4 is 10.5 Å². The second kappa shape index (κ2) is 5.79. The van der Waals surface area contributed by atoms with Gasteiger partial charge in [0.1, 0.15) is 5.75 Å². The molecule has 0 saturated heterocycles. The van der Waals surface area contributed by atoms with Gasteiger partial charge in [0, 0.05) is 0 Å². The Morgan fingerprint density at radius 2 is 1.79 bits per heavy atom. The van der Waals surface area contributed by atoms with Crippen LogP contribution >= 0.6 is 0 Å². The zero-order valence-electron chi connectivity index (χ0n) is 11.8. The largest absolute Gasteiger partial charge is 0.455 e. The molecule has 2 heteroatoms. The molecule has 19 heavy (non-hydrogen) atoms. The molecule has 2 aromatic rings. The molecule has 0 aromatic heterocycles. The third-order valence-electron chi connectivity index (χ3n) is 3.57. The molecule has 2 N–H and O–H groups in total. The average molecular weight is 255 g/mol. The Morgan fingerprint density at radius 1 is 1.11 bits per heavy atom. The molecule has 0 aliphatic heterocycles. The second-order valence-corrected chi connectivity index (χ2v) is 4.97.